The molecule has 8 heavy (non-hydrogen) atoms. The molecule has 0 aromatic heterocycles. The molecule has 0 amide bonds. The highest BCUT2D eigenvalue weighted by Crippen LogP contribution is 2.30. The van der Waals surface area contributed by atoms with Gasteiger partial charge < -0.3 is 0 Å². The van der Waals surface area contributed by atoms with Crippen LogP contribution in [-0.4, -0.2) is 11.5 Å². The Kier molecular flexibility index (Phi) is 3.13. The van der Waals surface area contributed by atoms with Gasteiger partial charge in [-0.1, -0.05) is 28.5 Å². The van der Waals surface area contributed by atoms with Gasteiger partial charge in [-0.15, -0.1) is 0 Å². The van der Waals surface area contributed by atoms with Crippen LogP contribution in [0.15, 0.2) is 0 Å². The molecule has 0 radical (unpaired) electrons. The molecule has 0 aromatic rings. The predicted octanol–water partition coefficient (Wildman–Crippen LogP) is 2.80. The zero-order valence-electron chi connectivity index (χ0n) is 5.22. The quantitative estimate of drug-likeness (QED) is 0.484. The minimum atomic E-state index is 0.968. The fraction of sp³-hybridized carbons (Fsp3) is 1.00. The lowest BCUT2D eigenvalue weighted by atomic mass is 10.1. The van der Waals surface area contributed by atoms with Gasteiger partial charge in [-0.05, 0) is 18.8 Å². The molecular weight excluding hydrogens is 136 g/mol. The van der Waals surface area contributed by atoms with Crippen molar-refractivity contribution in [3.8, 4) is 0 Å². The van der Waals surface area contributed by atoms with Crippen molar-refractivity contribution in [2.45, 2.75) is 19.8 Å². The Balaban J connectivity index is 2.17. The lowest BCUT2D eigenvalue weighted by Gasteiger charge is -2.01. The third-order valence-electron chi connectivity index (χ3n) is 1.36. The van der Waals surface area contributed by atoms with E-state index in [9.17, 15) is 0 Å². The second kappa shape index (κ2) is 3.67. The lowest BCUT2D eigenvalue weighted by Crippen LogP contribution is -1.93. The summed E-state index contributed by atoms with van der Waals surface area (Å²) in [5.41, 5.74) is 0. The summed E-state index contributed by atoms with van der Waals surface area (Å²) in [7, 11) is 4.08. The van der Waals surface area contributed by atoms with Crippen molar-refractivity contribution in [3.05, 3.63) is 0 Å². The van der Waals surface area contributed by atoms with Gasteiger partial charge in [0.2, 0.25) is 0 Å². The third kappa shape index (κ3) is 2.31. The van der Waals surface area contributed by atoms with Gasteiger partial charge in [-0.3, -0.25) is 0 Å². The summed E-state index contributed by atoms with van der Waals surface area (Å²) < 4.78 is 0. The molecule has 1 heterocycles. The van der Waals surface area contributed by atoms with Crippen molar-refractivity contribution in [2.24, 2.45) is 5.92 Å². The fourth-order valence-corrected chi connectivity index (χ4v) is 3.39. The third-order valence-corrected chi connectivity index (χ3v) is 4.10. The molecule has 2 heteroatoms. The zero-order valence-corrected chi connectivity index (χ0v) is 6.86. The first-order valence-electron chi connectivity index (χ1n) is 3.14. The van der Waals surface area contributed by atoms with Gasteiger partial charge in [0.15, 0.2) is 0 Å². The summed E-state index contributed by atoms with van der Waals surface area (Å²) in [5, 5.41) is 0. The standard InChI is InChI=1S/C6H12S2/c1-6-3-2-4-7-8-5-6/h6H,2-5H2,1H3. The maximum Gasteiger partial charge on any atom is 0.00626 e. The second-order valence-corrected chi connectivity index (χ2v) is 4.98. The van der Waals surface area contributed by atoms with Crippen molar-refractivity contribution in [1.82, 2.24) is 0 Å². The number of hydrogen-bond donors (Lipinski definition) is 0. The average molecular weight is 148 g/mol. The van der Waals surface area contributed by atoms with Crippen molar-refractivity contribution < 1.29 is 0 Å². The van der Waals surface area contributed by atoms with E-state index in [0.29, 0.717) is 0 Å². The van der Waals surface area contributed by atoms with Crippen LogP contribution in [0.25, 0.3) is 0 Å². The Hall–Kier alpha value is 0.700. The van der Waals surface area contributed by atoms with Crippen LogP contribution in [0.4, 0.5) is 0 Å². The van der Waals surface area contributed by atoms with E-state index in [1.54, 1.807) is 0 Å². The minimum absolute atomic E-state index is 0.968. The lowest BCUT2D eigenvalue weighted by molar-refractivity contribution is 0.592. The highest BCUT2D eigenvalue weighted by Gasteiger charge is 2.05. The maximum atomic E-state index is 2.35. The van der Waals surface area contributed by atoms with Crippen molar-refractivity contribution in [3.63, 3.8) is 0 Å². The molecule has 1 unspecified atom stereocenters. The maximum absolute atomic E-state index is 2.35. The van der Waals surface area contributed by atoms with Crippen LogP contribution in [0.1, 0.15) is 19.8 Å². The summed E-state index contributed by atoms with van der Waals surface area (Å²) in [6.07, 6.45) is 2.87. The van der Waals surface area contributed by atoms with Crippen LogP contribution in [0, 0.1) is 5.92 Å². The Morgan fingerprint density at radius 3 is 3.12 bits per heavy atom. The molecular formula is C6H12S2. The van der Waals surface area contributed by atoms with Crippen LogP contribution >= 0.6 is 21.6 Å². The molecule has 0 N–H and O–H groups in total. The van der Waals surface area contributed by atoms with Crippen LogP contribution in [0.2, 0.25) is 0 Å². The van der Waals surface area contributed by atoms with Gasteiger partial charge in [0, 0.05) is 11.5 Å². The van der Waals surface area contributed by atoms with Crippen molar-refractivity contribution in [2.75, 3.05) is 11.5 Å². The second-order valence-electron chi connectivity index (χ2n) is 2.35. The molecule has 1 aliphatic rings. The molecule has 1 aliphatic heterocycles. The van der Waals surface area contributed by atoms with Crippen LogP contribution in [0.5, 0.6) is 0 Å². The van der Waals surface area contributed by atoms with E-state index in [1.807, 2.05) is 21.6 Å². The largest absolute Gasteiger partial charge is 0.0941 e. The van der Waals surface area contributed by atoms with Crippen LogP contribution in [-0.2, 0) is 0 Å². The predicted molar refractivity (Wildman–Crippen MR) is 43.3 cm³/mol. The summed E-state index contributed by atoms with van der Waals surface area (Å²) in [4.78, 5) is 0. The molecule has 1 saturated heterocycles. The van der Waals surface area contributed by atoms with Crippen LogP contribution in [0.3, 0.4) is 0 Å². The topological polar surface area (TPSA) is 0 Å². The van der Waals surface area contributed by atoms with E-state index in [2.05, 4.69) is 6.92 Å². The van der Waals surface area contributed by atoms with Gasteiger partial charge in [0.05, 0.1) is 0 Å². The summed E-state index contributed by atoms with van der Waals surface area (Å²) >= 11 is 0. The Morgan fingerprint density at radius 2 is 2.25 bits per heavy atom. The first-order chi connectivity index (χ1) is 3.89. The van der Waals surface area contributed by atoms with Gasteiger partial charge in [0.25, 0.3) is 0 Å². The van der Waals surface area contributed by atoms with E-state index < -0.39 is 0 Å². The molecule has 0 nitrogen and oxygen atoms in total. The average Bonchev–Trinajstić information content (AvgIpc) is 1.94. The Bertz CT molecular complexity index is 55.5. The highest BCUT2D eigenvalue weighted by molar-refractivity contribution is 8.76. The summed E-state index contributed by atoms with van der Waals surface area (Å²) in [6.45, 7) is 2.35. The monoisotopic (exact) mass is 148 g/mol. The SMILES string of the molecule is CC1CCCSSC1. The highest BCUT2D eigenvalue weighted by atomic mass is 33.1. The van der Waals surface area contributed by atoms with E-state index in [-0.39, 0.29) is 0 Å². The molecule has 0 spiro atoms. The van der Waals surface area contributed by atoms with Crippen LogP contribution < -0.4 is 0 Å². The van der Waals surface area contributed by atoms with E-state index in [1.165, 1.54) is 24.3 Å². The Morgan fingerprint density at radius 1 is 1.38 bits per heavy atom. The molecule has 48 valence electrons. The Labute approximate surface area is 59.2 Å². The van der Waals surface area contributed by atoms with Crippen molar-refractivity contribution in [1.29, 1.82) is 0 Å². The number of hydrogen-bond acceptors (Lipinski definition) is 2. The fourth-order valence-electron chi connectivity index (χ4n) is 0.797. The van der Waals surface area contributed by atoms with E-state index >= 15 is 0 Å². The summed E-state index contributed by atoms with van der Waals surface area (Å²) in [6, 6.07) is 0. The van der Waals surface area contributed by atoms with Gasteiger partial charge in [-0.2, -0.15) is 0 Å². The summed E-state index contributed by atoms with van der Waals surface area (Å²) in [5.74, 6) is 3.70. The molecule has 1 rings (SSSR count). The van der Waals surface area contributed by atoms with Crippen molar-refractivity contribution >= 4 is 21.6 Å². The molecule has 0 aromatic carbocycles. The van der Waals surface area contributed by atoms with E-state index in [4.69, 9.17) is 0 Å². The van der Waals surface area contributed by atoms with Gasteiger partial charge >= 0.3 is 0 Å². The molecule has 0 saturated carbocycles. The smallest absolute Gasteiger partial charge is 0.00626 e. The van der Waals surface area contributed by atoms with E-state index in [0.717, 1.165) is 5.92 Å². The normalized spacial score (nSPS) is 31.9. The molecule has 0 bridgehead atoms. The van der Waals surface area contributed by atoms with Gasteiger partial charge in [-0.25, -0.2) is 0 Å². The molecule has 0 aliphatic carbocycles. The molecule has 1 atom stereocenters. The first kappa shape index (κ1) is 6.81. The minimum Gasteiger partial charge on any atom is -0.0941 e. The first-order valence-corrected chi connectivity index (χ1v) is 5.63. The zero-order chi connectivity index (χ0) is 5.82. The van der Waals surface area contributed by atoms with Gasteiger partial charge in [0.1, 0.15) is 0 Å². The number of rotatable bonds is 0. The molecule has 1 fully saturated rings.